The normalized spacial score (nSPS) is 15.0. The number of piperazine rings is 1. The van der Waals surface area contributed by atoms with Crippen LogP contribution in [0.15, 0.2) is 30.6 Å². The molecular weight excluding hydrogens is 278 g/mol. The minimum atomic E-state index is -0.955. The highest BCUT2D eigenvalue weighted by Gasteiger charge is 2.13. The second kappa shape index (κ2) is 6.01. The van der Waals surface area contributed by atoms with Gasteiger partial charge < -0.3 is 15.0 Å². The first-order valence-corrected chi connectivity index (χ1v) is 6.63. The number of halogens is 2. The van der Waals surface area contributed by atoms with Crippen molar-refractivity contribution < 1.29 is 13.5 Å². The Morgan fingerprint density at radius 2 is 1.86 bits per heavy atom. The minimum absolute atomic E-state index is 0.193. The van der Waals surface area contributed by atoms with Crippen LogP contribution >= 0.6 is 0 Å². The van der Waals surface area contributed by atoms with Crippen LogP contribution in [-0.4, -0.2) is 36.1 Å². The van der Waals surface area contributed by atoms with Crippen molar-refractivity contribution in [1.82, 2.24) is 15.3 Å². The van der Waals surface area contributed by atoms with Gasteiger partial charge in [0.05, 0.1) is 0 Å². The Bertz CT molecular complexity index is 632. The van der Waals surface area contributed by atoms with Crippen LogP contribution in [0.5, 0.6) is 11.6 Å². The van der Waals surface area contributed by atoms with Gasteiger partial charge in [0.2, 0.25) is 5.88 Å². The number of ether oxygens (including phenoxy) is 1. The zero-order valence-electron chi connectivity index (χ0n) is 11.2. The van der Waals surface area contributed by atoms with Crippen molar-refractivity contribution in [2.75, 3.05) is 31.1 Å². The SMILES string of the molecule is Fc1ccc(Oc2cc(N3CCNCC3)ncn2)cc1F. The van der Waals surface area contributed by atoms with Crippen LogP contribution in [-0.2, 0) is 0 Å². The van der Waals surface area contributed by atoms with E-state index in [2.05, 4.69) is 20.2 Å². The zero-order valence-corrected chi connectivity index (χ0v) is 11.2. The molecule has 0 radical (unpaired) electrons. The molecule has 1 aliphatic rings. The molecule has 0 bridgehead atoms. The van der Waals surface area contributed by atoms with Crippen molar-refractivity contribution in [3.05, 3.63) is 42.2 Å². The highest BCUT2D eigenvalue weighted by Crippen LogP contribution is 2.23. The smallest absolute Gasteiger partial charge is 0.224 e. The van der Waals surface area contributed by atoms with Gasteiger partial charge in [-0.1, -0.05) is 0 Å². The number of nitrogens with zero attached hydrogens (tertiary/aromatic N) is 3. The van der Waals surface area contributed by atoms with Crippen molar-refractivity contribution in [2.45, 2.75) is 0 Å². The molecule has 1 saturated heterocycles. The fourth-order valence-electron chi connectivity index (χ4n) is 2.11. The van der Waals surface area contributed by atoms with E-state index in [0.29, 0.717) is 5.88 Å². The number of nitrogens with one attached hydrogen (secondary N) is 1. The summed E-state index contributed by atoms with van der Waals surface area (Å²) in [6.07, 6.45) is 1.40. The molecule has 1 N–H and O–H groups in total. The molecule has 0 amide bonds. The minimum Gasteiger partial charge on any atom is -0.439 e. The largest absolute Gasteiger partial charge is 0.439 e. The first kappa shape index (κ1) is 13.7. The van der Waals surface area contributed by atoms with Gasteiger partial charge in [0.1, 0.15) is 17.9 Å². The molecular formula is C14H14F2N4O. The highest BCUT2D eigenvalue weighted by molar-refractivity contribution is 5.42. The molecule has 0 saturated carbocycles. The molecule has 1 aromatic carbocycles. The highest BCUT2D eigenvalue weighted by atomic mass is 19.2. The van der Waals surface area contributed by atoms with Gasteiger partial charge in [-0.25, -0.2) is 18.7 Å². The summed E-state index contributed by atoms with van der Waals surface area (Å²) < 4.78 is 31.5. The van der Waals surface area contributed by atoms with E-state index >= 15 is 0 Å². The maximum atomic E-state index is 13.1. The van der Waals surface area contributed by atoms with Crippen molar-refractivity contribution in [3.63, 3.8) is 0 Å². The number of rotatable bonds is 3. The lowest BCUT2D eigenvalue weighted by Crippen LogP contribution is -2.43. The van der Waals surface area contributed by atoms with Crippen LogP contribution in [0.3, 0.4) is 0 Å². The number of hydrogen-bond donors (Lipinski definition) is 1. The summed E-state index contributed by atoms with van der Waals surface area (Å²) in [4.78, 5) is 10.3. The Balaban J connectivity index is 1.77. The molecule has 1 fully saturated rings. The summed E-state index contributed by atoms with van der Waals surface area (Å²) in [5, 5.41) is 3.26. The summed E-state index contributed by atoms with van der Waals surface area (Å²) in [5.41, 5.74) is 0. The molecule has 21 heavy (non-hydrogen) atoms. The van der Waals surface area contributed by atoms with Crippen molar-refractivity contribution in [3.8, 4) is 11.6 Å². The molecule has 5 nitrogen and oxygen atoms in total. The van der Waals surface area contributed by atoms with Crippen molar-refractivity contribution in [1.29, 1.82) is 0 Å². The lowest BCUT2D eigenvalue weighted by molar-refractivity contribution is 0.446. The number of aromatic nitrogens is 2. The third-order valence-corrected chi connectivity index (χ3v) is 3.18. The van der Waals surface area contributed by atoms with Crippen LogP contribution in [0.1, 0.15) is 0 Å². The van der Waals surface area contributed by atoms with Gasteiger partial charge in [-0.3, -0.25) is 0 Å². The van der Waals surface area contributed by atoms with Gasteiger partial charge in [-0.2, -0.15) is 0 Å². The Morgan fingerprint density at radius 1 is 1.05 bits per heavy atom. The van der Waals surface area contributed by atoms with Gasteiger partial charge >= 0.3 is 0 Å². The maximum Gasteiger partial charge on any atom is 0.224 e. The van der Waals surface area contributed by atoms with E-state index in [9.17, 15) is 8.78 Å². The van der Waals surface area contributed by atoms with Crippen molar-refractivity contribution in [2.24, 2.45) is 0 Å². The van der Waals surface area contributed by atoms with Crippen molar-refractivity contribution >= 4 is 5.82 Å². The average Bonchev–Trinajstić information content (AvgIpc) is 2.52. The lowest BCUT2D eigenvalue weighted by atomic mass is 10.3. The molecule has 1 aliphatic heterocycles. The topological polar surface area (TPSA) is 50.3 Å². The fraction of sp³-hybridized carbons (Fsp3) is 0.286. The third kappa shape index (κ3) is 3.25. The summed E-state index contributed by atoms with van der Waals surface area (Å²) in [5.74, 6) is -0.622. The van der Waals surface area contributed by atoms with E-state index in [-0.39, 0.29) is 5.75 Å². The van der Waals surface area contributed by atoms with E-state index < -0.39 is 11.6 Å². The fourth-order valence-corrected chi connectivity index (χ4v) is 2.11. The van der Waals surface area contributed by atoms with E-state index in [1.54, 1.807) is 6.07 Å². The van der Waals surface area contributed by atoms with Gasteiger partial charge in [0.15, 0.2) is 11.6 Å². The van der Waals surface area contributed by atoms with Gasteiger partial charge in [-0.15, -0.1) is 0 Å². The first-order valence-electron chi connectivity index (χ1n) is 6.63. The lowest BCUT2D eigenvalue weighted by Gasteiger charge is -2.28. The van der Waals surface area contributed by atoms with Crippen LogP contribution in [0, 0.1) is 11.6 Å². The Morgan fingerprint density at radius 3 is 2.62 bits per heavy atom. The predicted molar refractivity (Wildman–Crippen MR) is 73.5 cm³/mol. The van der Waals surface area contributed by atoms with E-state index in [0.717, 1.165) is 44.1 Å². The second-order valence-corrected chi connectivity index (χ2v) is 4.63. The molecule has 0 aliphatic carbocycles. The zero-order chi connectivity index (χ0) is 14.7. The molecule has 3 rings (SSSR count). The molecule has 0 spiro atoms. The van der Waals surface area contributed by atoms with E-state index in [4.69, 9.17) is 4.74 Å². The molecule has 7 heteroatoms. The summed E-state index contributed by atoms with van der Waals surface area (Å²) in [6, 6.07) is 5.04. The predicted octanol–water partition coefficient (Wildman–Crippen LogP) is 1.96. The molecule has 0 unspecified atom stereocenters. The number of anilines is 1. The van der Waals surface area contributed by atoms with E-state index in [1.807, 2.05) is 0 Å². The molecule has 2 aromatic rings. The van der Waals surface area contributed by atoms with Gasteiger partial charge in [0.25, 0.3) is 0 Å². The standard InChI is InChI=1S/C14H14F2N4O/c15-11-2-1-10(7-12(11)16)21-14-8-13(18-9-19-14)20-5-3-17-4-6-20/h1-2,7-9,17H,3-6H2. The number of benzene rings is 1. The van der Waals surface area contributed by atoms with E-state index in [1.165, 1.54) is 12.4 Å². The van der Waals surface area contributed by atoms with Gasteiger partial charge in [-0.05, 0) is 12.1 Å². The van der Waals surface area contributed by atoms with Crippen LogP contribution in [0.25, 0.3) is 0 Å². The monoisotopic (exact) mass is 292 g/mol. The first-order chi connectivity index (χ1) is 10.2. The quantitative estimate of drug-likeness (QED) is 0.937. The average molecular weight is 292 g/mol. The molecule has 0 atom stereocenters. The third-order valence-electron chi connectivity index (χ3n) is 3.18. The Labute approximate surface area is 120 Å². The van der Waals surface area contributed by atoms with Crippen LogP contribution in [0.4, 0.5) is 14.6 Å². The Hall–Kier alpha value is -2.28. The molecule has 1 aromatic heterocycles. The van der Waals surface area contributed by atoms with Crippen LogP contribution < -0.4 is 15.0 Å². The summed E-state index contributed by atoms with van der Waals surface area (Å²) in [6.45, 7) is 3.48. The molecule has 2 heterocycles. The molecule has 110 valence electrons. The summed E-state index contributed by atoms with van der Waals surface area (Å²) >= 11 is 0. The number of hydrogen-bond acceptors (Lipinski definition) is 5. The maximum absolute atomic E-state index is 13.1. The summed E-state index contributed by atoms with van der Waals surface area (Å²) in [7, 11) is 0. The van der Waals surface area contributed by atoms with Crippen LogP contribution in [0.2, 0.25) is 0 Å². The van der Waals surface area contributed by atoms with Gasteiger partial charge in [0, 0.05) is 38.3 Å². The Kier molecular flexibility index (Phi) is 3.92. The second-order valence-electron chi connectivity index (χ2n) is 4.63.